The fraction of sp³-hybridized carbons (Fsp3) is 0.882. The lowest BCUT2D eigenvalue weighted by molar-refractivity contribution is 0.0676. The fourth-order valence-electron chi connectivity index (χ4n) is 2.75. The van der Waals surface area contributed by atoms with Crippen LogP contribution in [0.5, 0.6) is 0 Å². The van der Waals surface area contributed by atoms with Gasteiger partial charge in [-0.05, 0) is 25.2 Å². The Labute approximate surface area is 120 Å². The third-order valence-corrected chi connectivity index (χ3v) is 4.54. The van der Waals surface area contributed by atoms with E-state index in [0.717, 1.165) is 19.0 Å². The van der Waals surface area contributed by atoms with Crippen molar-refractivity contribution < 1.29 is 0 Å². The zero-order valence-corrected chi connectivity index (χ0v) is 14.1. The van der Waals surface area contributed by atoms with E-state index in [9.17, 15) is 0 Å². The van der Waals surface area contributed by atoms with E-state index in [0.29, 0.717) is 17.5 Å². The summed E-state index contributed by atoms with van der Waals surface area (Å²) in [4.78, 5) is 2.69. The topological polar surface area (TPSA) is 15.3 Å². The minimum Gasteiger partial charge on any atom is -0.311 e. The van der Waals surface area contributed by atoms with E-state index < -0.39 is 0 Å². The maximum atomic E-state index is 3.78. The van der Waals surface area contributed by atoms with E-state index in [1.807, 2.05) is 0 Å². The average Bonchev–Trinajstić information content (AvgIpc) is 2.33. The number of rotatable bonds is 4. The maximum absolute atomic E-state index is 3.78. The van der Waals surface area contributed by atoms with Gasteiger partial charge in [0.15, 0.2) is 0 Å². The second kappa shape index (κ2) is 6.90. The van der Waals surface area contributed by atoms with Crippen LogP contribution in [0.25, 0.3) is 0 Å². The van der Waals surface area contributed by atoms with Gasteiger partial charge in [-0.15, -0.1) is 0 Å². The van der Waals surface area contributed by atoms with Gasteiger partial charge in [0.25, 0.3) is 0 Å². The summed E-state index contributed by atoms with van der Waals surface area (Å²) in [7, 11) is 0. The maximum Gasteiger partial charge on any atom is 0.0250 e. The van der Waals surface area contributed by atoms with E-state index in [1.54, 1.807) is 0 Å². The first-order valence-corrected chi connectivity index (χ1v) is 7.86. The Morgan fingerprint density at radius 2 is 2.00 bits per heavy atom. The van der Waals surface area contributed by atoms with Gasteiger partial charge in [-0.3, -0.25) is 4.90 Å². The second-order valence-corrected chi connectivity index (χ2v) is 7.52. The first kappa shape index (κ1) is 16.7. The summed E-state index contributed by atoms with van der Waals surface area (Å²) in [6.45, 7) is 19.5. The smallest absolute Gasteiger partial charge is 0.0250 e. The van der Waals surface area contributed by atoms with Gasteiger partial charge in [0.05, 0.1) is 0 Å². The average molecular weight is 266 g/mol. The second-order valence-electron chi connectivity index (χ2n) is 7.52. The summed E-state index contributed by atoms with van der Waals surface area (Å²) in [5, 5.41) is 3.78. The largest absolute Gasteiger partial charge is 0.311 e. The van der Waals surface area contributed by atoms with Gasteiger partial charge in [0, 0.05) is 31.7 Å². The van der Waals surface area contributed by atoms with Crippen LogP contribution < -0.4 is 5.32 Å². The summed E-state index contributed by atoms with van der Waals surface area (Å²) in [5.41, 5.74) is 1.76. The molecule has 0 spiro atoms. The van der Waals surface area contributed by atoms with Gasteiger partial charge in [0.1, 0.15) is 0 Å². The molecule has 3 unspecified atom stereocenters. The lowest BCUT2D eigenvalue weighted by atomic mass is 9.83. The molecule has 1 saturated heterocycles. The lowest BCUT2D eigenvalue weighted by Gasteiger charge is -2.46. The Balaban J connectivity index is 2.77. The molecule has 19 heavy (non-hydrogen) atoms. The van der Waals surface area contributed by atoms with Crippen molar-refractivity contribution in [2.24, 2.45) is 11.3 Å². The molecule has 1 aliphatic rings. The molecular formula is C17H34N2. The predicted octanol–water partition coefficient (Wildman–Crippen LogP) is 3.69. The molecule has 112 valence electrons. The number of nitrogens with one attached hydrogen (secondary N) is 1. The van der Waals surface area contributed by atoms with E-state index >= 15 is 0 Å². The van der Waals surface area contributed by atoms with Crippen molar-refractivity contribution in [3.8, 4) is 0 Å². The zero-order valence-electron chi connectivity index (χ0n) is 14.1. The molecule has 0 aromatic rings. The zero-order chi connectivity index (χ0) is 14.6. The van der Waals surface area contributed by atoms with Crippen molar-refractivity contribution in [3.63, 3.8) is 0 Å². The normalized spacial score (nSPS) is 27.1. The molecule has 0 amide bonds. The third kappa shape index (κ3) is 4.92. The molecule has 2 heteroatoms. The highest BCUT2D eigenvalue weighted by atomic mass is 15.2. The van der Waals surface area contributed by atoms with Crippen LogP contribution in [-0.2, 0) is 0 Å². The summed E-state index contributed by atoms with van der Waals surface area (Å²) >= 11 is 0. The van der Waals surface area contributed by atoms with Gasteiger partial charge < -0.3 is 5.32 Å². The van der Waals surface area contributed by atoms with Crippen molar-refractivity contribution >= 4 is 0 Å². The van der Waals surface area contributed by atoms with Crippen LogP contribution in [0.3, 0.4) is 0 Å². The minimum absolute atomic E-state index is 0.337. The van der Waals surface area contributed by atoms with Gasteiger partial charge >= 0.3 is 0 Å². The monoisotopic (exact) mass is 266 g/mol. The first-order valence-electron chi connectivity index (χ1n) is 7.86. The van der Waals surface area contributed by atoms with Crippen molar-refractivity contribution in [1.82, 2.24) is 10.2 Å². The molecule has 0 aromatic carbocycles. The highest BCUT2D eigenvalue weighted by Crippen LogP contribution is 2.26. The summed E-state index contributed by atoms with van der Waals surface area (Å²) in [6, 6.07) is 1.28. The molecule has 0 aromatic heterocycles. The molecule has 0 bridgehead atoms. The Morgan fingerprint density at radius 3 is 2.47 bits per heavy atom. The van der Waals surface area contributed by atoms with Crippen molar-refractivity contribution in [1.29, 1.82) is 0 Å². The lowest BCUT2D eigenvalue weighted by Crippen LogP contribution is -2.61. The van der Waals surface area contributed by atoms with E-state index in [4.69, 9.17) is 0 Å². The Bertz CT molecular complexity index is 297. The van der Waals surface area contributed by atoms with E-state index in [-0.39, 0.29) is 0 Å². The number of piperazine rings is 1. The first-order chi connectivity index (χ1) is 8.75. The molecule has 0 aliphatic carbocycles. The molecule has 3 atom stereocenters. The summed E-state index contributed by atoms with van der Waals surface area (Å²) in [6.07, 6.45) is 3.64. The van der Waals surface area contributed by atoms with Crippen LogP contribution in [0, 0.1) is 11.3 Å². The van der Waals surface area contributed by atoms with Gasteiger partial charge in [-0.25, -0.2) is 0 Å². The molecule has 1 fully saturated rings. The fourth-order valence-corrected chi connectivity index (χ4v) is 2.75. The predicted molar refractivity (Wildman–Crippen MR) is 85.5 cm³/mol. The molecule has 0 saturated carbocycles. The van der Waals surface area contributed by atoms with Gasteiger partial charge in [-0.1, -0.05) is 52.7 Å². The van der Waals surface area contributed by atoms with Crippen molar-refractivity contribution in [2.75, 3.05) is 19.6 Å². The number of nitrogens with zero attached hydrogens (tertiary/aromatic N) is 1. The van der Waals surface area contributed by atoms with Crippen LogP contribution in [0.15, 0.2) is 11.6 Å². The van der Waals surface area contributed by atoms with E-state index in [1.165, 1.54) is 18.5 Å². The van der Waals surface area contributed by atoms with Crippen LogP contribution >= 0.6 is 0 Å². The molecule has 1 aliphatic heterocycles. The molecule has 1 N–H and O–H groups in total. The molecule has 1 heterocycles. The van der Waals surface area contributed by atoms with Gasteiger partial charge in [0.2, 0.25) is 0 Å². The quantitative estimate of drug-likeness (QED) is 0.781. The highest BCUT2D eigenvalue weighted by molar-refractivity contribution is 5.00. The molecule has 2 nitrogen and oxygen atoms in total. The Morgan fingerprint density at radius 1 is 1.37 bits per heavy atom. The Kier molecular flexibility index (Phi) is 6.07. The summed E-state index contributed by atoms with van der Waals surface area (Å²) < 4.78 is 0. The van der Waals surface area contributed by atoms with Crippen molar-refractivity contribution in [2.45, 2.75) is 67.0 Å². The number of hydrogen-bond donors (Lipinski definition) is 1. The van der Waals surface area contributed by atoms with Crippen LogP contribution in [0.4, 0.5) is 0 Å². The van der Waals surface area contributed by atoms with E-state index in [2.05, 4.69) is 64.8 Å². The third-order valence-electron chi connectivity index (χ3n) is 4.54. The van der Waals surface area contributed by atoms with Crippen LogP contribution in [0.1, 0.15) is 54.9 Å². The minimum atomic E-state index is 0.337. The Hall–Kier alpha value is -0.340. The van der Waals surface area contributed by atoms with Crippen LogP contribution in [-0.4, -0.2) is 36.6 Å². The van der Waals surface area contributed by atoms with Crippen LogP contribution in [0.2, 0.25) is 0 Å². The highest BCUT2D eigenvalue weighted by Gasteiger charge is 2.35. The standard InChI is InChI=1S/C17H34N2/c1-8-14(4)15-11-18-16(17(5,6)7)12-19(15)10-9-13(2)3/h9,14-16,18H,8,10-12H2,1-7H3. The van der Waals surface area contributed by atoms with Crippen molar-refractivity contribution in [3.05, 3.63) is 11.6 Å². The molecular weight excluding hydrogens is 232 g/mol. The summed E-state index contributed by atoms with van der Waals surface area (Å²) in [5.74, 6) is 0.763. The molecule has 0 radical (unpaired) electrons. The molecule has 1 rings (SSSR count). The SMILES string of the molecule is CCC(C)C1CNC(C(C)(C)C)CN1CC=C(C)C. The number of allylic oxidation sites excluding steroid dienone is 1. The van der Waals surface area contributed by atoms with Gasteiger partial charge in [-0.2, -0.15) is 0 Å². The number of hydrogen-bond acceptors (Lipinski definition) is 2.